The number of likely N-dealkylation sites (tertiary alicyclic amines) is 1. The Balaban J connectivity index is 1.72. The Morgan fingerprint density at radius 3 is 3.04 bits per heavy atom. The number of amidine groups is 1. The molecule has 0 bridgehead atoms. The number of rotatable bonds is 5. The second-order valence-corrected chi connectivity index (χ2v) is 8.16. The standard InChI is InChI=1S/C17H24N4O4S/c1-2-8-19-17(22)21-9-4-6-13(21)10-25-14-7-3-5-12-11-26(23,24)20-16(18)15(12)14/h3,5,7,13H,2,4,6,8-11H2,1H3,(H2,18,20)(H,19,22)/t13-/m0/s1. The molecule has 3 rings (SSSR count). The molecular formula is C17H24N4O4S. The van der Waals surface area contributed by atoms with Gasteiger partial charge in [0.1, 0.15) is 18.2 Å². The van der Waals surface area contributed by atoms with E-state index in [1.165, 1.54) is 0 Å². The number of sulfonamides is 1. The number of hydrogen-bond donors (Lipinski definition) is 2. The third kappa shape index (κ3) is 3.92. The van der Waals surface area contributed by atoms with Crippen LogP contribution in [0.2, 0.25) is 0 Å². The normalized spacial score (nSPS) is 21.0. The van der Waals surface area contributed by atoms with E-state index in [0.717, 1.165) is 19.3 Å². The number of fused-ring (bicyclic) bond motifs is 1. The number of nitrogens with two attached hydrogens (primary N) is 1. The van der Waals surface area contributed by atoms with Gasteiger partial charge in [0.2, 0.25) is 0 Å². The quantitative estimate of drug-likeness (QED) is 0.797. The van der Waals surface area contributed by atoms with Gasteiger partial charge in [-0.1, -0.05) is 19.1 Å². The molecule has 0 unspecified atom stereocenters. The van der Waals surface area contributed by atoms with E-state index in [2.05, 4.69) is 9.71 Å². The number of benzene rings is 1. The minimum absolute atomic E-state index is 0.0202. The van der Waals surface area contributed by atoms with Crippen LogP contribution in [0.15, 0.2) is 22.6 Å². The van der Waals surface area contributed by atoms with E-state index in [9.17, 15) is 13.2 Å². The lowest BCUT2D eigenvalue weighted by Crippen LogP contribution is -2.45. The molecule has 3 N–H and O–H groups in total. The summed E-state index contributed by atoms with van der Waals surface area (Å²) in [4.78, 5) is 14.0. The van der Waals surface area contributed by atoms with Crippen molar-refractivity contribution >= 4 is 21.9 Å². The number of urea groups is 1. The monoisotopic (exact) mass is 380 g/mol. The van der Waals surface area contributed by atoms with Gasteiger partial charge in [-0.15, -0.1) is 4.40 Å². The lowest BCUT2D eigenvalue weighted by Gasteiger charge is -2.26. The molecule has 1 aromatic rings. The maximum atomic E-state index is 12.2. The molecule has 2 heterocycles. The summed E-state index contributed by atoms with van der Waals surface area (Å²) in [7, 11) is -3.58. The predicted octanol–water partition coefficient (Wildman–Crippen LogP) is 1.20. The highest BCUT2D eigenvalue weighted by Gasteiger charge is 2.30. The van der Waals surface area contributed by atoms with Crippen molar-refractivity contribution in [3.05, 3.63) is 29.3 Å². The summed E-state index contributed by atoms with van der Waals surface area (Å²) in [6, 6.07) is 5.10. The average Bonchev–Trinajstić information content (AvgIpc) is 3.05. The van der Waals surface area contributed by atoms with Crippen molar-refractivity contribution < 1.29 is 17.9 Å². The summed E-state index contributed by atoms with van der Waals surface area (Å²) in [5.74, 6) is 0.264. The molecule has 0 aromatic heterocycles. The van der Waals surface area contributed by atoms with Crippen molar-refractivity contribution in [2.24, 2.45) is 10.1 Å². The van der Waals surface area contributed by atoms with Crippen LogP contribution in [0.25, 0.3) is 0 Å². The van der Waals surface area contributed by atoms with Crippen molar-refractivity contribution in [1.29, 1.82) is 0 Å². The summed E-state index contributed by atoms with van der Waals surface area (Å²) >= 11 is 0. The number of carbonyl (C=O) groups excluding carboxylic acids is 1. The molecule has 1 atom stereocenters. The molecule has 142 valence electrons. The van der Waals surface area contributed by atoms with Gasteiger partial charge in [-0.05, 0) is 30.9 Å². The molecular weight excluding hydrogens is 356 g/mol. The van der Waals surface area contributed by atoms with E-state index in [-0.39, 0.29) is 23.7 Å². The summed E-state index contributed by atoms with van der Waals surface area (Å²) in [6.07, 6.45) is 2.69. The molecule has 2 amide bonds. The van der Waals surface area contributed by atoms with Crippen LogP contribution in [0.3, 0.4) is 0 Å². The van der Waals surface area contributed by atoms with E-state index < -0.39 is 10.0 Å². The number of ether oxygens (including phenoxy) is 1. The summed E-state index contributed by atoms with van der Waals surface area (Å²) < 4.78 is 33.0. The SMILES string of the molecule is CCCNC(=O)N1CCC[C@H]1COc1cccc2c1C(N)=NS(=O)(=O)C2. The zero-order valence-electron chi connectivity index (χ0n) is 14.8. The maximum absolute atomic E-state index is 12.2. The molecule has 1 saturated heterocycles. The van der Waals surface area contributed by atoms with Crippen LogP contribution < -0.4 is 15.8 Å². The highest BCUT2D eigenvalue weighted by Crippen LogP contribution is 2.29. The fourth-order valence-electron chi connectivity index (χ4n) is 3.33. The van der Waals surface area contributed by atoms with Crippen LogP contribution in [0.1, 0.15) is 37.3 Å². The van der Waals surface area contributed by atoms with Gasteiger partial charge in [0, 0.05) is 13.1 Å². The second kappa shape index (κ2) is 7.53. The zero-order valence-corrected chi connectivity index (χ0v) is 15.6. The summed E-state index contributed by atoms with van der Waals surface area (Å²) in [5.41, 5.74) is 6.97. The fourth-order valence-corrected chi connectivity index (χ4v) is 4.42. The van der Waals surface area contributed by atoms with Crippen molar-refractivity contribution in [3.63, 3.8) is 0 Å². The molecule has 8 nitrogen and oxygen atoms in total. The van der Waals surface area contributed by atoms with E-state index >= 15 is 0 Å². The Hall–Kier alpha value is -2.29. The fraction of sp³-hybridized carbons (Fsp3) is 0.529. The molecule has 0 spiro atoms. The third-order valence-electron chi connectivity index (χ3n) is 4.54. The van der Waals surface area contributed by atoms with E-state index in [1.54, 1.807) is 23.1 Å². The van der Waals surface area contributed by atoms with Crippen molar-refractivity contribution in [1.82, 2.24) is 10.2 Å². The van der Waals surface area contributed by atoms with Gasteiger partial charge in [-0.3, -0.25) is 0 Å². The molecule has 9 heteroatoms. The van der Waals surface area contributed by atoms with Gasteiger partial charge >= 0.3 is 6.03 Å². The minimum atomic E-state index is -3.58. The van der Waals surface area contributed by atoms with Gasteiger partial charge in [0.15, 0.2) is 0 Å². The van der Waals surface area contributed by atoms with E-state index in [4.69, 9.17) is 10.5 Å². The lowest BCUT2D eigenvalue weighted by molar-refractivity contribution is 0.165. The first kappa shape index (κ1) is 18.5. The van der Waals surface area contributed by atoms with Crippen LogP contribution in [-0.4, -0.2) is 50.9 Å². The van der Waals surface area contributed by atoms with Gasteiger partial charge < -0.3 is 20.7 Å². The average molecular weight is 380 g/mol. The number of carbonyl (C=O) groups is 1. The van der Waals surface area contributed by atoms with Crippen LogP contribution in [0, 0.1) is 0 Å². The number of nitrogens with zero attached hydrogens (tertiary/aromatic N) is 2. The van der Waals surface area contributed by atoms with Crippen LogP contribution in [-0.2, 0) is 15.8 Å². The Bertz CT molecular complexity index is 822. The van der Waals surface area contributed by atoms with Crippen LogP contribution in [0.5, 0.6) is 5.75 Å². The van der Waals surface area contributed by atoms with Gasteiger partial charge in [0.25, 0.3) is 10.0 Å². The molecule has 0 aliphatic carbocycles. The predicted molar refractivity (Wildman–Crippen MR) is 98.7 cm³/mol. The van der Waals surface area contributed by atoms with Crippen LogP contribution >= 0.6 is 0 Å². The molecule has 0 saturated carbocycles. The van der Waals surface area contributed by atoms with Gasteiger partial charge in [-0.25, -0.2) is 13.2 Å². The minimum Gasteiger partial charge on any atom is -0.491 e. The molecule has 2 aliphatic heterocycles. The smallest absolute Gasteiger partial charge is 0.317 e. The second-order valence-electron chi connectivity index (χ2n) is 6.53. The highest BCUT2D eigenvalue weighted by atomic mass is 32.2. The first-order valence-electron chi connectivity index (χ1n) is 8.79. The Morgan fingerprint density at radius 2 is 2.27 bits per heavy atom. The number of nitrogens with one attached hydrogen (secondary N) is 1. The first-order chi connectivity index (χ1) is 12.4. The topological polar surface area (TPSA) is 114 Å². The van der Waals surface area contributed by atoms with Crippen molar-refractivity contribution in [2.45, 2.75) is 38.0 Å². The largest absolute Gasteiger partial charge is 0.491 e. The molecule has 1 aromatic carbocycles. The molecule has 2 aliphatic rings. The molecule has 1 fully saturated rings. The van der Waals surface area contributed by atoms with E-state index in [1.807, 2.05) is 6.92 Å². The highest BCUT2D eigenvalue weighted by molar-refractivity contribution is 7.89. The third-order valence-corrected chi connectivity index (χ3v) is 5.69. The lowest BCUT2D eigenvalue weighted by atomic mass is 10.1. The maximum Gasteiger partial charge on any atom is 0.317 e. The van der Waals surface area contributed by atoms with Gasteiger partial charge in [-0.2, -0.15) is 0 Å². The Kier molecular flexibility index (Phi) is 5.36. The van der Waals surface area contributed by atoms with Crippen molar-refractivity contribution in [2.75, 3.05) is 19.7 Å². The van der Waals surface area contributed by atoms with E-state index in [0.29, 0.717) is 36.6 Å². The Morgan fingerprint density at radius 1 is 1.46 bits per heavy atom. The summed E-state index contributed by atoms with van der Waals surface area (Å²) in [5, 5.41) is 2.89. The number of amides is 2. The first-order valence-corrected chi connectivity index (χ1v) is 10.4. The van der Waals surface area contributed by atoms with Gasteiger partial charge in [0.05, 0.1) is 17.4 Å². The molecule has 26 heavy (non-hydrogen) atoms. The molecule has 0 radical (unpaired) electrons. The zero-order chi connectivity index (χ0) is 18.7. The number of hydrogen-bond acceptors (Lipinski definition) is 5. The van der Waals surface area contributed by atoms with Crippen LogP contribution in [0.4, 0.5) is 4.79 Å². The van der Waals surface area contributed by atoms with Crippen molar-refractivity contribution in [3.8, 4) is 5.75 Å². The summed E-state index contributed by atoms with van der Waals surface area (Å²) in [6.45, 7) is 3.69. The Labute approximate surface area is 153 Å².